The minimum atomic E-state index is -0.325. The summed E-state index contributed by atoms with van der Waals surface area (Å²) in [5, 5.41) is 2.96. The van der Waals surface area contributed by atoms with Crippen LogP contribution in [0.2, 0.25) is 0 Å². The minimum absolute atomic E-state index is 0.260. The number of rotatable bonds is 7. The van der Waals surface area contributed by atoms with Crippen molar-refractivity contribution in [2.24, 2.45) is 0 Å². The number of imidazole rings is 1. The van der Waals surface area contributed by atoms with Gasteiger partial charge in [0.05, 0.1) is 6.61 Å². The third-order valence-corrected chi connectivity index (χ3v) is 4.76. The molecule has 0 bridgehead atoms. The van der Waals surface area contributed by atoms with E-state index in [0.29, 0.717) is 29.3 Å². The normalized spacial score (nSPS) is 10.9. The van der Waals surface area contributed by atoms with Gasteiger partial charge in [-0.2, -0.15) is 0 Å². The topological polar surface area (TPSA) is 55.6 Å². The van der Waals surface area contributed by atoms with Crippen LogP contribution in [-0.4, -0.2) is 21.9 Å². The Labute approximate surface area is 174 Å². The quantitative estimate of drug-likeness (QED) is 0.410. The highest BCUT2D eigenvalue weighted by molar-refractivity contribution is 6.05. The molecule has 0 aliphatic heterocycles. The summed E-state index contributed by atoms with van der Waals surface area (Å²) >= 11 is 0. The van der Waals surface area contributed by atoms with Crippen LogP contribution in [0.15, 0.2) is 72.9 Å². The number of hydrogen-bond acceptors (Lipinski definition) is 3. The molecule has 0 saturated heterocycles. The van der Waals surface area contributed by atoms with Crippen LogP contribution in [0.25, 0.3) is 16.9 Å². The number of carbonyl (C=O) groups excluding carboxylic acids is 1. The Hall–Kier alpha value is -3.67. The van der Waals surface area contributed by atoms with Crippen LogP contribution >= 0.6 is 0 Å². The van der Waals surface area contributed by atoms with Crippen LogP contribution in [-0.2, 0) is 0 Å². The fraction of sp³-hybridized carbons (Fsp3) is 0.167. The number of unbranched alkanes of at least 4 members (excludes halogenated alkanes) is 1. The summed E-state index contributed by atoms with van der Waals surface area (Å²) in [6.07, 6.45) is 3.88. The number of amides is 1. The largest absolute Gasteiger partial charge is 0.494 e. The summed E-state index contributed by atoms with van der Waals surface area (Å²) in [6, 6.07) is 18.7. The van der Waals surface area contributed by atoms with Crippen LogP contribution in [0.3, 0.4) is 0 Å². The predicted molar refractivity (Wildman–Crippen MR) is 115 cm³/mol. The van der Waals surface area contributed by atoms with Crippen molar-refractivity contribution in [2.75, 3.05) is 11.9 Å². The van der Waals surface area contributed by atoms with Gasteiger partial charge in [-0.15, -0.1) is 0 Å². The minimum Gasteiger partial charge on any atom is -0.494 e. The first-order chi connectivity index (χ1) is 14.7. The zero-order valence-electron chi connectivity index (χ0n) is 16.6. The van der Waals surface area contributed by atoms with Crippen molar-refractivity contribution in [1.29, 1.82) is 0 Å². The molecule has 0 aliphatic carbocycles. The van der Waals surface area contributed by atoms with Crippen molar-refractivity contribution < 1.29 is 13.9 Å². The highest BCUT2D eigenvalue weighted by Crippen LogP contribution is 2.29. The van der Waals surface area contributed by atoms with Gasteiger partial charge in [0.1, 0.15) is 28.7 Å². The van der Waals surface area contributed by atoms with Crippen LogP contribution in [0.5, 0.6) is 5.75 Å². The molecule has 4 rings (SSSR count). The van der Waals surface area contributed by atoms with Crippen LogP contribution < -0.4 is 10.1 Å². The number of nitrogens with zero attached hydrogens (tertiary/aromatic N) is 2. The molecule has 1 amide bonds. The second-order valence-corrected chi connectivity index (χ2v) is 6.93. The fourth-order valence-electron chi connectivity index (χ4n) is 3.14. The number of nitrogens with one attached hydrogen (secondary N) is 1. The van der Waals surface area contributed by atoms with Gasteiger partial charge in [-0.3, -0.25) is 9.20 Å². The molecule has 0 spiro atoms. The second-order valence-electron chi connectivity index (χ2n) is 6.93. The molecule has 2 aromatic heterocycles. The SMILES string of the molecule is CCCCOc1ccc(C(=O)Nc2c(-c3ccc(F)cc3)nc3ccccn23)cc1. The molecule has 0 atom stereocenters. The summed E-state index contributed by atoms with van der Waals surface area (Å²) in [5.41, 5.74) is 2.49. The fourth-order valence-corrected chi connectivity index (χ4v) is 3.14. The highest BCUT2D eigenvalue weighted by atomic mass is 19.1. The first-order valence-electron chi connectivity index (χ1n) is 9.93. The molecule has 30 heavy (non-hydrogen) atoms. The van der Waals surface area contributed by atoms with Crippen LogP contribution in [0.1, 0.15) is 30.1 Å². The molecular formula is C24H22FN3O2. The van der Waals surface area contributed by atoms with E-state index in [1.54, 1.807) is 40.8 Å². The Balaban J connectivity index is 1.62. The van der Waals surface area contributed by atoms with Gasteiger partial charge in [-0.25, -0.2) is 9.37 Å². The van der Waals surface area contributed by atoms with Gasteiger partial charge in [0.15, 0.2) is 0 Å². The summed E-state index contributed by atoms with van der Waals surface area (Å²) in [5.74, 6) is 0.686. The van der Waals surface area contributed by atoms with Gasteiger partial charge in [-0.1, -0.05) is 19.4 Å². The van der Waals surface area contributed by atoms with E-state index in [0.717, 1.165) is 24.2 Å². The molecule has 2 aromatic carbocycles. The van der Waals surface area contributed by atoms with E-state index in [4.69, 9.17) is 4.74 Å². The van der Waals surface area contributed by atoms with Crippen LogP contribution in [0.4, 0.5) is 10.2 Å². The number of hydrogen-bond donors (Lipinski definition) is 1. The van der Waals surface area contributed by atoms with Gasteiger partial charge in [0, 0.05) is 17.3 Å². The standard InChI is InChI=1S/C24H22FN3O2/c1-2-3-16-30-20-13-9-18(10-14-20)24(29)27-23-22(17-7-11-19(25)12-8-17)26-21-6-4-5-15-28(21)23/h4-15H,2-3,16H2,1H3,(H,27,29). The smallest absolute Gasteiger partial charge is 0.256 e. The number of fused-ring (bicyclic) bond motifs is 1. The van der Waals surface area contributed by atoms with Gasteiger partial charge in [0.25, 0.3) is 5.91 Å². The maximum atomic E-state index is 13.4. The number of carbonyl (C=O) groups is 1. The molecule has 0 radical (unpaired) electrons. The van der Waals surface area contributed by atoms with Crippen molar-refractivity contribution in [3.8, 4) is 17.0 Å². The van der Waals surface area contributed by atoms with Crippen molar-refractivity contribution >= 4 is 17.4 Å². The Bertz CT molecular complexity index is 1150. The molecule has 152 valence electrons. The van der Waals surface area contributed by atoms with Crippen LogP contribution in [0, 0.1) is 5.82 Å². The highest BCUT2D eigenvalue weighted by Gasteiger charge is 2.17. The summed E-state index contributed by atoms with van der Waals surface area (Å²) < 4.78 is 20.8. The lowest BCUT2D eigenvalue weighted by molar-refractivity contribution is 0.102. The molecule has 4 aromatic rings. The molecule has 6 heteroatoms. The summed E-state index contributed by atoms with van der Waals surface area (Å²) in [4.78, 5) is 17.5. The van der Waals surface area contributed by atoms with Crippen molar-refractivity contribution in [2.45, 2.75) is 19.8 Å². The molecule has 0 fully saturated rings. The van der Waals surface area contributed by atoms with Gasteiger partial charge in [-0.05, 0) is 67.1 Å². The molecule has 0 aliphatic rings. The lowest BCUT2D eigenvalue weighted by atomic mass is 10.1. The van der Waals surface area contributed by atoms with E-state index >= 15 is 0 Å². The number of halogens is 1. The Morgan fingerprint density at radius 2 is 1.83 bits per heavy atom. The maximum absolute atomic E-state index is 13.4. The molecule has 0 saturated carbocycles. The van der Waals surface area contributed by atoms with Crippen molar-refractivity contribution in [3.05, 3.63) is 84.3 Å². The molecule has 0 unspecified atom stereocenters. The first-order valence-corrected chi connectivity index (χ1v) is 9.93. The summed E-state index contributed by atoms with van der Waals surface area (Å²) in [6.45, 7) is 2.77. The van der Waals surface area contributed by atoms with E-state index in [2.05, 4.69) is 17.2 Å². The zero-order valence-corrected chi connectivity index (χ0v) is 16.6. The van der Waals surface area contributed by atoms with Crippen molar-refractivity contribution in [3.63, 3.8) is 0 Å². The zero-order chi connectivity index (χ0) is 20.9. The Kier molecular flexibility index (Phi) is 5.75. The van der Waals surface area contributed by atoms with Gasteiger partial charge >= 0.3 is 0 Å². The molecule has 2 heterocycles. The predicted octanol–water partition coefficient (Wildman–Crippen LogP) is 5.57. The lowest BCUT2D eigenvalue weighted by Crippen LogP contribution is -2.14. The molecular weight excluding hydrogens is 381 g/mol. The maximum Gasteiger partial charge on any atom is 0.256 e. The number of aromatic nitrogens is 2. The summed E-state index contributed by atoms with van der Waals surface area (Å²) in [7, 11) is 0. The van der Waals surface area contributed by atoms with E-state index in [9.17, 15) is 9.18 Å². The third-order valence-electron chi connectivity index (χ3n) is 4.76. The average Bonchev–Trinajstić information content (AvgIpc) is 3.13. The molecule has 5 nitrogen and oxygen atoms in total. The lowest BCUT2D eigenvalue weighted by Gasteiger charge is -2.09. The monoisotopic (exact) mass is 403 g/mol. The second kappa shape index (κ2) is 8.78. The number of pyridine rings is 1. The van der Waals surface area contributed by atoms with Crippen molar-refractivity contribution in [1.82, 2.24) is 9.38 Å². The number of benzene rings is 2. The van der Waals surface area contributed by atoms with Gasteiger partial charge < -0.3 is 10.1 Å². The molecule has 1 N–H and O–H groups in total. The van der Waals surface area contributed by atoms with E-state index in [1.165, 1.54) is 12.1 Å². The average molecular weight is 403 g/mol. The number of anilines is 1. The van der Waals surface area contributed by atoms with E-state index in [1.807, 2.05) is 24.4 Å². The Morgan fingerprint density at radius 3 is 2.57 bits per heavy atom. The number of ether oxygens (including phenoxy) is 1. The van der Waals surface area contributed by atoms with E-state index in [-0.39, 0.29) is 11.7 Å². The van der Waals surface area contributed by atoms with E-state index < -0.39 is 0 Å². The Morgan fingerprint density at radius 1 is 1.07 bits per heavy atom. The first kappa shape index (κ1) is 19.6. The third kappa shape index (κ3) is 4.17. The van der Waals surface area contributed by atoms with Gasteiger partial charge in [0.2, 0.25) is 0 Å².